The lowest BCUT2D eigenvalue weighted by Gasteiger charge is -2.10. The van der Waals surface area contributed by atoms with E-state index >= 15 is 0 Å². The van der Waals surface area contributed by atoms with Crippen LogP contribution in [0.1, 0.15) is 49.5 Å². The largest absolute Gasteiger partial charge is 0.238 e. The third-order valence-electron chi connectivity index (χ3n) is 2.36. The van der Waals surface area contributed by atoms with Gasteiger partial charge in [-0.15, -0.1) is 0 Å². The minimum absolute atomic E-state index is 0.421. The summed E-state index contributed by atoms with van der Waals surface area (Å²) in [5, 5.41) is 0. The molecular formula is C11H18N2. The molecule has 0 aliphatic heterocycles. The summed E-state index contributed by atoms with van der Waals surface area (Å²) in [7, 11) is 0. The Morgan fingerprint density at radius 2 is 1.77 bits per heavy atom. The molecule has 0 saturated carbocycles. The average Bonchev–Trinajstić information content (AvgIpc) is 2.09. The van der Waals surface area contributed by atoms with Crippen molar-refractivity contribution in [2.45, 2.75) is 47.0 Å². The molecule has 0 fully saturated rings. The van der Waals surface area contributed by atoms with Gasteiger partial charge in [0.15, 0.2) is 0 Å². The highest BCUT2D eigenvalue weighted by Crippen LogP contribution is 2.15. The molecule has 0 spiro atoms. The molecule has 2 heteroatoms. The number of aromatic nitrogens is 2. The molecule has 0 unspecified atom stereocenters. The van der Waals surface area contributed by atoms with Crippen LogP contribution in [0.4, 0.5) is 0 Å². The summed E-state index contributed by atoms with van der Waals surface area (Å²) in [6.45, 7) is 10.5. The van der Waals surface area contributed by atoms with Crippen molar-refractivity contribution in [1.82, 2.24) is 9.97 Å². The smallest absolute Gasteiger partial charge is 0.131 e. The van der Waals surface area contributed by atoms with Gasteiger partial charge < -0.3 is 0 Å². The van der Waals surface area contributed by atoms with Gasteiger partial charge in [0, 0.05) is 17.3 Å². The number of hydrogen-bond acceptors (Lipinski definition) is 2. The van der Waals surface area contributed by atoms with Crippen molar-refractivity contribution in [3.63, 3.8) is 0 Å². The first kappa shape index (κ1) is 10.2. The minimum Gasteiger partial charge on any atom is -0.238 e. The fourth-order valence-corrected chi connectivity index (χ4v) is 1.31. The summed E-state index contributed by atoms with van der Waals surface area (Å²) in [4.78, 5) is 9.01. The highest BCUT2D eigenvalue weighted by atomic mass is 14.9. The first-order valence-corrected chi connectivity index (χ1v) is 4.90. The van der Waals surface area contributed by atoms with E-state index in [4.69, 9.17) is 0 Å². The van der Waals surface area contributed by atoms with Crippen LogP contribution in [0.25, 0.3) is 0 Å². The van der Waals surface area contributed by atoms with E-state index in [9.17, 15) is 0 Å². The Morgan fingerprint density at radius 1 is 1.15 bits per heavy atom. The normalized spacial score (nSPS) is 10.9. The predicted molar refractivity (Wildman–Crippen MR) is 55.0 cm³/mol. The Kier molecular flexibility index (Phi) is 3.02. The molecule has 0 amide bonds. The summed E-state index contributed by atoms with van der Waals surface area (Å²) < 4.78 is 0. The molecule has 0 saturated heterocycles. The van der Waals surface area contributed by atoms with Gasteiger partial charge in [-0.05, 0) is 25.8 Å². The van der Waals surface area contributed by atoms with Crippen molar-refractivity contribution in [1.29, 1.82) is 0 Å². The van der Waals surface area contributed by atoms with E-state index in [0.717, 1.165) is 17.9 Å². The van der Waals surface area contributed by atoms with Gasteiger partial charge in [-0.3, -0.25) is 0 Å². The lowest BCUT2D eigenvalue weighted by atomic mass is 10.1. The maximum Gasteiger partial charge on any atom is 0.131 e. The third kappa shape index (κ3) is 2.06. The van der Waals surface area contributed by atoms with Crippen LogP contribution in [0.2, 0.25) is 0 Å². The van der Waals surface area contributed by atoms with E-state index < -0.39 is 0 Å². The molecule has 0 aliphatic carbocycles. The van der Waals surface area contributed by atoms with Crippen LogP contribution >= 0.6 is 0 Å². The van der Waals surface area contributed by atoms with E-state index in [0.29, 0.717) is 5.92 Å². The minimum atomic E-state index is 0.421. The quantitative estimate of drug-likeness (QED) is 0.696. The van der Waals surface area contributed by atoms with Gasteiger partial charge in [0.05, 0.1) is 0 Å². The molecule has 1 rings (SSSR count). The molecule has 1 aromatic heterocycles. The monoisotopic (exact) mass is 178 g/mol. The zero-order valence-corrected chi connectivity index (χ0v) is 9.18. The van der Waals surface area contributed by atoms with Crippen molar-refractivity contribution in [2.24, 2.45) is 0 Å². The summed E-state index contributed by atoms with van der Waals surface area (Å²) in [6, 6.07) is 0. The van der Waals surface area contributed by atoms with Crippen molar-refractivity contribution in [3.8, 4) is 0 Å². The van der Waals surface area contributed by atoms with Crippen LogP contribution in [0.15, 0.2) is 0 Å². The van der Waals surface area contributed by atoms with Gasteiger partial charge >= 0.3 is 0 Å². The molecule has 0 radical (unpaired) electrons. The fraction of sp³-hybridized carbons (Fsp3) is 0.636. The lowest BCUT2D eigenvalue weighted by Crippen LogP contribution is -2.05. The average molecular weight is 178 g/mol. The first-order valence-electron chi connectivity index (χ1n) is 4.90. The predicted octanol–water partition coefficient (Wildman–Crippen LogP) is 2.78. The summed E-state index contributed by atoms with van der Waals surface area (Å²) in [5.41, 5.74) is 3.55. The lowest BCUT2D eigenvalue weighted by molar-refractivity contribution is 0.744. The summed E-state index contributed by atoms with van der Waals surface area (Å²) in [5.74, 6) is 1.39. The Morgan fingerprint density at radius 3 is 2.23 bits per heavy atom. The van der Waals surface area contributed by atoms with Crippen molar-refractivity contribution in [2.75, 3.05) is 0 Å². The van der Waals surface area contributed by atoms with Crippen LogP contribution in [0.3, 0.4) is 0 Å². The molecule has 0 N–H and O–H groups in total. The maximum absolute atomic E-state index is 4.54. The zero-order chi connectivity index (χ0) is 10.0. The Hall–Kier alpha value is -0.920. The van der Waals surface area contributed by atoms with E-state index in [1.54, 1.807) is 0 Å². The Bertz CT molecular complexity index is 303. The van der Waals surface area contributed by atoms with Crippen molar-refractivity contribution < 1.29 is 0 Å². The van der Waals surface area contributed by atoms with Gasteiger partial charge in [0.1, 0.15) is 5.82 Å². The molecule has 0 atom stereocenters. The molecule has 72 valence electrons. The molecule has 0 aliphatic rings. The van der Waals surface area contributed by atoms with Crippen LogP contribution in [0.5, 0.6) is 0 Å². The van der Waals surface area contributed by atoms with Gasteiger partial charge in [-0.2, -0.15) is 0 Å². The molecular weight excluding hydrogens is 160 g/mol. The number of nitrogens with zero attached hydrogens (tertiary/aromatic N) is 2. The zero-order valence-electron chi connectivity index (χ0n) is 9.18. The fourth-order valence-electron chi connectivity index (χ4n) is 1.31. The first-order chi connectivity index (χ1) is 6.06. The molecule has 0 aromatic carbocycles. The van der Waals surface area contributed by atoms with Crippen LogP contribution in [0, 0.1) is 13.8 Å². The van der Waals surface area contributed by atoms with E-state index in [-0.39, 0.29) is 0 Å². The van der Waals surface area contributed by atoms with Gasteiger partial charge in [-0.1, -0.05) is 20.8 Å². The van der Waals surface area contributed by atoms with Gasteiger partial charge in [0.25, 0.3) is 0 Å². The Balaban J connectivity index is 3.22. The van der Waals surface area contributed by atoms with E-state index in [2.05, 4.69) is 44.6 Å². The van der Waals surface area contributed by atoms with Crippen LogP contribution in [-0.2, 0) is 6.42 Å². The van der Waals surface area contributed by atoms with Crippen LogP contribution in [-0.4, -0.2) is 9.97 Å². The van der Waals surface area contributed by atoms with Crippen LogP contribution < -0.4 is 0 Å². The molecule has 1 aromatic rings. The number of hydrogen-bond donors (Lipinski definition) is 0. The maximum atomic E-state index is 4.54. The second-order valence-corrected chi connectivity index (χ2v) is 3.75. The molecule has 1 heterocycles. The Labute approximate surface area is 80.4 Å². The van der Waals surface area contributed by atoms with Gasteiger partial charge in [-0.25, -0.2) is 9.97 Å². The van der Waals surface area contributed by atoms with E-state index in [1.165, 1.54) is 11.3 Å². The summed E-state index contributed by atoms with van der Waals surface area (Å²) >= 11 is 0. The number of aryl methyl sites for hydroxylation is 2. The third-order valence-corrected chi connectivity index (χ3v) is 2.36. The van der Waals surface area contributed by atoms with Crippen molar-refractivity contribution in [3.05, 3.63) is 22.8 Å². The number of rotatable bonds is 2. The molecule has 0 bridgehead atoms. The SMILES string of the molecule is CCc1nc(C(C)C)nc(C)c1C. The van der Waals surface area contributed by atoms with Gasteiger partial charge in [0.2, 0.25) is 0 Å². The standard InChI is InChI=1S/C11H18N2/c1-6-10-8(4)9(5)12-11(13-10)7(2)3/h7H,6H2,1-5H3. The second-order valence-electron chi connectivity index (χ2n) is 3.75. The molecule has 2 nitrogen and oxygen atoms in total. The highest BCUT2D eigenvalue weighted by Gasteiger charge is 2.08. The van der Waals surface area contributed by atoms with Crippen molar-refractivity contribution >= 4 is 0 Å². The van der Waals surface area contributed by atoms with E-state index in [1.807, 2.05) is 0 Å². The second kappa shape index (κ2) is 3.86. The summed E-state index contributed by atoms with van der Waals surface area (Å²) in [6.07, 6.45) is 0.995. The highest BCUT2D eigenvalue weighted by molar-refractivity contribution is 5.24. The molecule has 13 heavy (non-hydrogen) atoms. The topological polar surface area (TPSA) is 25.8 Å².